The highest BCUT2D eigenvalue weighted by Crippen LogP contribution is 2.36. The van der Waals surface area contributed by atoms with E-state index in [1.807, 2.05) is 6.07 Å². The number of fused-ring (bicyclic) bond motifs is 1. The van der Waals surface area contributed by atoms with Crippen LogP contribution in [0.1, 0.15) is 25.5 Å². The molecule has 0 aromatic heterocycles. The Morgan fingerprint density at radius 3 is 2.62 bits per heavy atom. The molecule has 3 heteroatoms. The minimum atomic E-state index is 0.319. The predicted octanol–water partition coefficient (Wildman–Crippen LogP) is 3.80. The minimum Gasteiger partial charge on any atom is -0.486 e. The Morgan fingerprint density at radius 2 is 1.81 bits per heavy atom. The molecule has 1 N–H and O–H groups in total. The molecule has 1 heterocycles. The third kappa shape index (κ3) is 2.88. The summed E-state index contributed by atoms with van der Waals surface area (Å²) in [5, 5.41) is 3.48. The van der Waals surface area contributed by atoms with Crippen LogP contribution in [0.15, 0.2) is 42.5 Å². The summed E-state index contributed by atoms with van der Waals surface area (Å²) in [7, 11) is 0. The van der Waals surface area contributed by atoms with Gasteiger partial charge in [0, 0.05) is 6.04 Å². The van der Waals surface area contributed by atoms with E-state index in [-0.39, 0.29) is 0 Å². The first-order valence-electron chi connectivity index (χ1n) is 7.52. The van der Waals surface area contributed by atoms with E-state index >= 15 is 0 Å². The Labute approximate surface area is 125 Å². The molecule has 2 aromatic carbocycles. The van der Waals surface area contributed by atoms with E-state index in [4.69, 9.17) is 9.47 Å². The van der Waals surface area contributed by atoms with Gasteiger partial charge in [0.05, 0.1) is 0 Å². The fourth-order valence-electron chi connectivity index (χ4n) is 2.76. The van der Waals surface area contributed by atoms with Crippen LogP contribution in [0.2, 0.25) is 0 Å². The first kappa shape index (κ1) is 14.0. The van der Waals surface area contributed by atoms with E-state index in [0.29, 0.717) is 19.3 Å². The van der Waals surface area contributed by atoms with Crippen molar-refractivity contribution in [3.8, 4) is 22.6 Å². The average molecular weight is 283 g/mol. The van der Waals surface area contributed by atoms with E-state index < -0.39 is 0 Å². The highest BCUT2D eigenvalue weighted by atomic mass is 16.6. The Morgan fingerprint density at radius 1 is 1.05 bits per heavy atom. The Kier molecular flexibility index (Phi) is 4.11. The molecule has 0 saturated carbocycles. The van der Waals surface area contributed by atoms with Crippen LogP contribution in [0.5, 0.6) is 11.5 Å². The zero-order valence-electron chi connectivity index (χ0n) is 12.6. The third-order valence-electron chi connectivity index (χ3n) is 3.79. The van der Waals surface area contributed by atoms with Crippen LogP contribution in [0.3, 0.4) is 0 Å². The summed E-state index contributed by atoms with van der Waals surface area (Å²) in [6.45, 7) is 6.52. The van der Waals surface area contributed by atoms with Crippen LogP contribution in [0.25, 0.3) is 11.1 Å². The van der Waals surface area contributed by atoms with Gasteiger partial charge in [-0.15, -0.1) is 0 Å². The van der Waals surface area contributed by atoms with Gasteiger partial charge in [-0.05, 0) is 42.3 Å². The van der Waals surface area contributed by atoms with Crippen molar-refractivity contribution >= 4 is 0 Å². The molecule has 1 atom stereocenters. The van der Waals surface area contributed by atoms with Crippen molar-refractivity contribution in [2.24, 2.45) is 0 Å². The van der Waals surface area contributed by atoms with E-state index in [2.05, 4.69) is 55.6 Å². The number of benzene rings is 2. The smallest absolute Gasteiger partial charge is 0.161 e. The summed E-state index contributed by atoms with van der Waals surface area (Å²) in [6, 6.07) is 15.0. The lowest BCUT2D eigenvalue weighted by Gasteiger charge is -2.21. The normalized spacial score (nSPS) is 14.8. The molecule has 0 bridgehead atoms. The maximum Gasteiger partial charge on any atom is 0.161 e. The summed E-state index contributed by atoms with van der Waals surface area (Å²) in [5.41, 5.74) is 3.71. The molecule has 0 amide bonds. The second kappa shape index (κ2) is 6.19. The summed E-state index contributed by atoms with van der Waals surface area (Å²) in [4.78, 5) is 0. The van der Waals surface area contributed by atoms with Crippen LogP contribution in [-0.2, 0) is 0 Å². The first-order chi connectivity index (χ1) is 10.3. The third-order valence-corrected chi connectivity index (χ3v) is 3.79. The maximum absolute atomic E-state index is 5.69. The van der Waals surface area contributed by atoms with E-state index in [1.54, 1.807) is 0 Å². The predicted molar refractivity (Wildman–Crippen MR) is 85.0 cm³/mol. The molecule has 1 unspecified atom stereocenters. The van der Waals surface area contributed by atoms with Crippen LogP contribution in [-0.4, -0.2) is 19.8 Å². The molecular weight excluding hydrogens is 262 g/mol. The molecule has 0 fully saturated rings. The summed E-state index contributed by atoms with van der Waals surface area (Å²) >= 11 is 0. The van der Waals surface area contributed by atoms with Crippen LogP contribution >= 0.6 is 0 Å². The molecule has 1 aliphatic heterocycles. The van der Waals surface area contributed by atoms with Gasteiger partial charge in [-0.3, -0.25) is 0 Å². The number of nitrogens with one attached hydrogen (secondary N) is 1. The van der Waals surface area contributed by atoms with Crippen molar-refractivity contribution < 1.29 is 9.47 Å². The second-order valence-corrected chi connectivity index (χ2v) is 5.23. The van der Waals surface area contributed by atoms with E-state index in [0.717, 1.165) is 18.0 Å². The summed E-state index contributed by atoms with van der Waals surface area (Å²) in [5.74, 6) is 1.67. The van der Waals surface area contributed by atoms with Crippen LogP contribution in [0.4, 0.5) is 0 Å². The topological polar surface area (TPSA) is 30.5 Å². The number of rotatable bonds is 4. The molecule has 0 spiro atoms. The van der Waals surface area contributed by atoms with Gasteiger partial charge in [0.1, 0.15) is 13.2 Å². The molecule has 0 saturated heterocycles. The van der Waals surface area contributed by atoms with Crippen molar-refractivity contribution in [1.82, 2.24) is 5.32 Å². The molecule has 0 radical (unpaired) electrons. The van der Waals surface area contributed by atoms with Crippen molar-refractivity contribution in [1.29, 1.82) is 0 Å². The SMILES string of the molecule is CCNC(C)c1ccccc1-c1ccc2c(c1)OCCO2. The second-order valence-electron chi connectivity index (χ2n) is 5.23. The van der Waals surface area contributed by atoms with Gasteiger partial charge in [0.15, 0.2) is 11.5 Å². The molecular formula is C18H21NO2. The standard InChI is InChI=1S/C18H21NO2/c1-3-19-13(2)15-6-4-5-7-16(15)14-8-9-17-18(12-14)21-11-10-20-17/h4-9,12-13,19H,3,10-11H2,1-2H3. The lowest BCUT2D eigenvalue weighted by Crippen LogP contribution is -2.18. The fraction of sp³-hybridized carbons (Fsp3) is 0.333. The molecule has 110 valence electrons. The van der Waals surface area contributed by atoms with E-state index in [1.165, 1.54) is 16.7 Å². The van der Waals surface area contributed by atoms with Gasteiger partial charge in [-0.25, -0.2) is 0 Å². The monoisotopic (exact) mass is 283 g/mol. The van der Waals surface area contributed by atoms with Gasteiger partial charge in [-0.1, -0.05) is 37.3 Å². The van der Waals surface area contributed by atoms with Crippen LogP contribution < -0.4 is 14.8 Å². The molecule has 3 nitrogen and oxygen atoms in total. The highest BCUT2D eigenvalue weighted by Gasteiger charge is 2.15. The Balaban J connectivity index is 2.00. The molecule has 0 aliphatic carbocycles. The minimum absolute atomic E-state index is 0.319. The summed E-state index contributed by atoms with van der Waals surface area (Å²) in [6.07, 6.45) is 0. The first-order valence-corrected chi connectivity index (χ1v) is 7.52. The van der Waals surface area contributed by atoms with Gasteiger partial charge in [0.25, 0.3) is 0 Å². The number of hydrogen-bond acceptors (Lipinski definition) is 3. The molecule has 3 rings (SSSR count). The quantitative estimate of drug-likeness (QED) is 0.926. The zero-order valence-corrected chi connectivity index (χ0v) is 12.6. The fourth-order valence-corrected chi connectivity index (χ4v) is 2.76. The Hall–Kier alpha value is -2.00. The van der Waals surface area contributed by atoms with Crippen molar-refractivity contribution in [3.05, 3.63) is 48.0 Å². The average Bonchev–Trinajstić information content (AvgIpc) is 2.54. The summed E-state index contributed by atoms with van der Waals surface area (Å²) < 4.78 is 11.3. The van der Waals surface area contributed by atoms with Gasteiger partial charge in [0.2, 0.25) is 0 Å². The number of ether oxygens (including phenoxy) is 2. The highest BCUT2D eigenvalue weighted by molar-refractivity contribution is 5.71. The Bertz CT molecular complexity index is 624. The van der Waals surface area contributed by atoms with Gasteiger partial charge in [-0.2, -0.15) is 0 Å². The lowest BCUT2D eigenvalue weighted by atomic mass is 9.95. The van der Waals surface area contributed by atoms with Crippen molar-refractivity contribution in [2.75, 3.05) is 19.8 Å². The van der Waals surface area contributed by atoms with Crippen LogP contribution in [0, 0.1) is 0 Å². The molecule has 21 heavy (non-hydrogen) atoms. The number of hydrogen-bond donors (Lipinski definition) is 1. The van der Waals surface area contributed by atoms with Gasteiger partial charge < -0.3 is 14.8 Å². The largest absolute Gasteiger partial charge is 0.486 e. The van der Waals surface area contributed by atoms with Gasteiger partial charge >= 0.3 is 0 Å². The molecule has 2 aromatic rings. The molecule has 1 aliphatic rings. The van der Waals surface area contributed by atoms with E-state index in [9.17, 15) is 0 Å². The zero-order chi connectivity index (χ0) is 14.7. The van der Waals surface area contributed by atoms with Crippen molar-refractivity contribution in [2.45, 2.75) is 19.9 Å². The lowest BCUT2D eigenvalue weighted by molar-refractivity contribution is 0.171. The maximum atomic E-state index is 5.69. The van der Waals surface area contributed by atoms with Crippen molar-refractivity contribution in [3.63, 3.8) is 0 Å².